The summed E-state index contributed by atoms with van der Waals surface area (Å²) >= 11 is 0. The molecule has 0 spiro atoms. The molecule has 0 amide bonds. The molecule has 0 saturated carbocycles. The first-order valence-electron chi connectivity index (χ1n) is 9.63. The van der Waals surface area contributed by atoms with Gasteiger partial charge in [-0.25, -0.2) is 8.42 Å². The van der Waals surface area contributed by atoms with E-state index in [2.05, 4.69) is 4.98 Å². The molecule has 0 atom stereocenters. The molecule has 0 unspecified atom stereocenters. The van der Waals surface area contributed by atoms with Crippen molar-refractivity contribution in [1.82, 2.24) is 9.55 Å². The molecule has 9 nitrogen and oxygen atoms in total. The Morgan fingerprint density at radius 2 is 1.88 bits per heavy atom. The van der Waals surface area contributed by atoms with Gasteiger partial charge in [-0.05, 0) is 24.3 Å². The molecule has 2 N–H and O–H groups in total. The van der Waals surface area contributed by atoms with Gasteiger partial charge in [0, 0.05) is 41.8 Å². The number of aromatic hydroxyl groups is 2. The van der Waals surface area contributed by atoms with E-state index in [1.807, 2.05) is 6.07 Å². The van der Waals surface area contributed by atoms with Gasteiger partial charge in [-0.15, -0.1) is 0 Å². The normalized spacial score (nSPS) is 11.8. The van der Waals surface area contributed by atoms with E-state index in [9.17, 15) is 18.6 Å². The second-order valence-electron chi connectivity index (χ2n) is 7.37. The summed E-state index contributed by atoms with van der Waals surface area (Å²) < 4.78 is 38.1. The first-order chi connectivity index (χ1) is 15.2. The van der Waals surface area contributed by atoms with E-state index in [1.165, 1.54) is 24.9 Å². The van der Waals surface area contributed by atoms with Crippen LogP contribution in [0.2, 0.25) is 0 Å². The summed E-state index contributed by atoms with van der Waals surface area (Å²) in [4.78, 5) is 4.21. The number of ether oxygens (including phenoxy) is 2. The summed E-state index contributed by atoms with van der Waals surface area (Å²) in [6, 6.07) is 8.65. The fourth-order valence-corrected chi connectivity index (χ4v) is 4.33. The van der Waals surface area contributed by atoms with Crippen molar-refractivity contribution in [1.29, 1.82) is 0 Å². The molecule has 4 rings (SSSR count). The molecule has 2 aromatic heterocycles. The summed E-state index contributed by atoms with van der Waals surface area (Å²) in [7, 11) is 0.883. The van der Waals surface area contributed by atoms with Crippen molar-refractivity contribution in [3.63, 3.8) is 0 Å². The molecule has 0 aliphatic carbocycles. The summed E-state index contributed by atoms with van der Waals surface area (Å²) in [5, 5.41) is 22.9. The Kier molecular flexibility index (Phi) is 5.25. The molecule has 4 aromatic rings. The molecular formula is C22H23N3O6S. The zero-order chi connectivity index (χ0) is 23.2. The number of hydrogen-bond acceptors (Lipinski definition) is 7. The van der Waals surface area contributed by atoms with Crippen LogP contribution in [0, 0.1) is 0 Å². The van der Waals surface area contributed by atoms with Gasteiger partial charge in [0.15, 0.2) is 5.75 Å². The average molecular weight is 458 g/mol. The van der Waals surface area contributed by atoms with Crippen molar-refractivity contribution in [2.24, 2.45) is 0 Å². The zero-order valence-electron chi connectivity index (χ0n) is 18.0. The maximum Gasteiger partial charge on any atom is 0.232 e. The van der Waals surface area contributed by atoms with Crippen LogP contribution in [0.5, 0.6) is 23.1 Å². The first-order valence-corrected chi connectivity index (χ1v) is 11.5. The standard InChI is InChI=1S/C22H23N3O6S/c1-24(32(4,28)29)20-15-6-5-9-23-19(15)21(26)18-16(20)12-25(22(18)27)11-13-7-8-14(30-2)10-17(13)31-3/h5-10,12,26-27H,11H2,1-4H3. The summed E-state index contributed by atoms with van der Waals surface area (Å²) in [5.74, 6) is 0.746. The molecule has 32 heavy (non-hydrogen) atoms. The fraction of sp³-hybridized carbons (Fsp3) is 0.227. The van der Waals surface area contributed by atoms with E-state index >= 15 is 0 Å². The minimum atomic E-state index is -3.63. The summed E-state index contributed by atoms with van der Waals surface area (Å²) in [6.45, 7) is 0.207. The third-order valence-corrected chi connectivity index (χ3v) is 6.65. The van der Waals surface area contributed by atoms with Crippen molar-refractivity contribution in [2.45, 2.75) is 6.54 Å². The number of nitrogens with zero attached hydrogens (tertiary/aromatic N) is 3. The minimum Gasteiger partial charge on any atom is -0.505 e. The Balaban J connectivity index is 1.99. The van der Waals surface area contributed by atoms with Crippen molar-refractivity contribution >= 4 is 37.4 Å². The number of pyridine rings is 1. The van der Waals surface area contributed by atoms with Crippen LogP contribution < -0.4 is 13.8 Å². The van der Waals surface area contributed by atoms with E-state index in [-0.39, 0.29) is 29.1 Å². The number of hydrogen-bond donors (Lipinski definition) is 2. The van der Waals surface area contributed by atoms with Crippen LogP contribution in [0.1, 0.15) is 5.56 Å². The Hall–Kier alpha value is -3.66. The Morgan fingerprint density at radius 3 is 2.53 bits per heavy atom. The van der Waals surface area contributed by atoms with Gasteiger partial charge in [0.05, 0.1) is 38.1 Å². The van der Waals surface area contributed by atoms with E-state index in [0.29, 0.717) is 28.0 Å². The molecule has 0 bridgehead atoms. The maximum atomic E-state index is 12.4. The molecule has 168 valence electrons. The number of phenols is 1. The van der Waals surface area contributed by atoms with Gasteiger partial charge in [0.1, 0.15) is 17.0 Å². The van der Waals surface area contributed by atoms with Crippen molar-refractivity contribution in [2.75, 3.05) is 31.8 Å². The first kappa shape index (κ1) is 21.6. The van der Waals surface area contributed by atoms with Crippen LogP contribution in [0.3, 0.4) is 0 Å². The van der Waals surface area contributed by atoms with Crippen LogP contribution in [-0.2, 0) is 16.6 Å². The molecule has 0 radical (unpaired) electrons. The topological polar surface area (TPSA) is 114 Å². The van der Waals surface area contributed by atoms with Gasteiger partial charge >= 0.3 is 0 Å². The smallest absolute Gasteiger partial charge is 0.232 e. The second-order valence-corrected chi connectivity index (χ2v) is 9.39. The molecule has 0 aliphatic rings. The number of benzene rings is 2. The molecule has 0 aliphatic heterocycles. The lowest BCUT2D eigenvalue weighted by molar-refractivity contribution is 0.387. The van der Waals surface area contributed by atoms with Crippen LogP contribution in [0.15, 0.2) is 42.7 Å². The third-order valence-electron chi connectivity index (χ3n) is 5.48. The van der Waals surface area contributed by atoms with Crippen LogP contribution >= 0.6 is 0 Å². The Morgan fingerprint density at radius 1 is 1.12 bits per heavy atom. The van der Waals surface area contributed by atoms with Crippen LogP contribution in [0.4, 0.5) is 5.69 Å². The second kappa shape index (κ2) is 7.79. The number of methoxy groups -OCH3 is 2. The highest BCUT2D eigenvalue weighted by atomic mass is 32.2. The highest BCUT2D eigenvalue weighted by Crippen LogP contribution is 2.46. The Labute approximate surface area is 185 Å². The van der Waals surface area contributed by atoms with E-state index < -0.39 is 10.0 Å². The maximum absolute atomic E-state index is 12.4. The van der Waals surface area contributed by atoms with Crippen molar-refractivity contribution in [3.05, 3.63) is 48.3 Å². The van der Waals surface area contributed by atoms with Crippen LogP contribution in [-0.4, -0.2) is 55.7 Å². The number of fused-ring (bicyclic) bond motifs is 2. The van der Waals surface area contributed by atoms with Gasteiger partial charge in [0.25, 0.3) is 0 Å². The lowest BCUT2D eigenvalue weighted by Crippen LogP contribution is -2.25. The molecule has 0 fully saturated rings. The lowest BCUT2D eigenvalue weighted by Gasteiger charge is -2.20. The number of sulfonamides is 1. The Bertz CT molecular complexity index is 1450. The van der Waals surface area contributed by atoms with Crippen LogP contribution in [0.25, 0.3) is 21.7 Å². The lowest BCUT2D eigenvalue weighted by atomic mass is 10.1. The average Bonchev–Trinajstić information content (AvgIpc) is 3.09. The predicted molar refractivity (Wildman–Crippen MR) is 122 cm³/mol. The molecule has 10 heteroatoms. The minimum absolute atomic E-state index is 0.120. The van der Waals surface area contributed by atoms with E-state index in [1.54, 1.807) is 37.6 Å². The van der Waals surface area contributed by atoms with Gasteiger partial charge in [-0.1, -0.05) is 0 Å². The SMILES string of the molecule is COc1ccc(Cn2cc3c(N(C)S(C)(=O)=O)c4cccnc4c(O)c3c2O)c(OC)c1. The summed E-state index contributed by atoms with van der Waals surface area (Å²) in [5.41, 5.74) is 1.27. The van der Waals surface area contributed by atoms with Gasteiger partial charge in [-0.2, -0.15) is 0 Å². The summed E-state index contributed by atoms with van der Waals surface area (Å²) in [6.07, 6.45) is 4.19. The molecule has 2 aromatic carbocycles. The predicted octanol–water partition coefficient (Wildman–Crippen LogP) is 3.06. The number of phenolic OH excluding ortho intramolecular Hbond substituents is 1. The quantitative estimate of drug-likeness (QED) is 0.457. The zero-order valence-corrected chi connectivity index (χ0v) is 18.8. The van der Waals surface area contributed by atoms with E-state index in [0.717, 1.165) is 16.1 Å². The highest BCUT2D eigenvalue weighted by molar-refractivity contribution is 7.92. The van der Waals surface area contributed by atoms with Gasteiger partial charge < -0.3 is 24.3 Å². The number of anilines is 1. The molecule has 2 heterocycles. The van der Waals surface area contributed by atoms with Crippen molar-refractivity contribution in [3.8, 4) is 23.1 Å². The highest BCUT2D eigenvalue weighted by Gasteiger charge is 2.26. The number of rotatable bonds is 6. The number of aromatic nitrogens is 2. The van der Waals surface area contributed by atoms with E-state index in [4.69, 9.17) is 9.47 Å². The molecule has 0 saturated heterocycles. The fourth-order valence-electron chi connectivity index (χ4n) is 3.80. The largest absolute Gasteiger partial charge is 0.505 e. The molecular weight excluding hydrogens is 434 g/mol. The third kappa shape index (κ3) is 3.42. The monoisotopic (exact) mass is 457 g/mol. The van der Waals surface area contributed by atoms with Gasteiger partial charge in [0.2, 0.25) is 15.9 Å². The van der Waals surface area contributed by atoms with Crippen molar-refractivity contribution < 1.29 is 28.1 Å². The van der Waals surface area contributed by atoms with Gasteiger partial charge in [-0.3, -0.25) is 9.29 Å².